The van der Waals surface area contributed by atoms with Crippen LogP contribution in [0.5, 0.6) is 0 Å². The van der Waals surface area contributed by atoms with E-state index in [2.05, 4.69) is 4.98 Å². The third kappa shape index (κ3) is 6.73. The Balaban J connectivity index is 1.68. The van der Waals surface area contributed by atoms with E-state index in [1.807, 2.05) is 0 Å². The lowest BCUT2D eigenvalue weighted by Gasteiger charge is -2.34. The van der Waals surface area contributed by atoms with Crippen LogP contribution in [0.1, 0.15) is 51.7 Å². The Labute approximate surface area is 175 Å². The van der Waals surface area contributed by atoms with Crippen molar-refractivity contribution >= 4 is 0 Å². The number of aromatic nitrogens is 2. The SMILES string of the molecule is CC(OC(COC1CCCCO1)C(CO)OC1CCCCO1)n1ccc(=O)[nH]c1=O. The van der Waals surface area contributed by atoms with Crippen molar-refractivity contribution in [2.75, 3.05) is 26.4 Å². The van der Waals surface area contributed by atoms with E-state index in [-0.39, 0.29) is 19.5 Å². The normalized spacial score (nSPS) is 25.5. The number of aliphatic hydroxyl groups is 1. The zero-order chi connectivity index (χ0) is 21.3. The van der Waals surface area contributed by atoms with Crippen LogP contribution < -0.4 is 11.2 Å². The van der Waals surface area contributed by atoms with E-state index in [4.69, 9.17) is 23.7 Å². The first-order chi connectivity index (χ1) is 14.6. The first-order valence-corrected chi connectivity index (χ1v) is 10.6. The first-order valence-electron chi connectivity index (χ1n) is 10.6. The maximum absolute atomic E-state index is 12.1. The molecule has 10 heteroatoms. The van der Waals surface area contributed by atoms with Crippen molar-refractivity contribution in [3.8, 4) is 0 Å². The average Bonchev–Trinajstić information content (AvgIpc) is 2.76. The van der Waals surface area contributed by atoms with Crippen molar-refractivity contribution in [2.24, 2.45) is 0 Å². The highest BCUT2D eigenvalue weighted by Gasteiger charge is 2.30. The molecule has 0 bridgehead atoms. The van der Waals surface area contributed by atoms with Crippen molar-refractivity contribution in [2.45, 2.75) is 76.5 Å². The number of hydrogen-bond donors (Lipinski definition) is 2. The van der Waals surface area contributed by atoms with Gasteiger partial charge in [0, 0.05) is 25.5 Å². The number of aromatic amines is 1. The molecular formula is C20H32N2O8. The predicted molar refractivity (Wildman–Crippen MR) is 106 cm³/mol. The highest BCUT2D eigenvalue weighted by molar-refractivity contribution is 4.84. The molecule has 0 radical (unpaired) electrons. The zero-order valence-corrected chi connectivity index (χ0v) is 17.4. The monoisotopic (exact) mass is 428 g/mol. The van der Waals surface area contributed by atoms with Gasteiger partial charge in [0.25, 0.3) is 5.56 Å². The fourth-order valence-corrected chi connectivity index (χ4v) is 3.57. The van der Waals surface area contributed by atoms with Crippen LogP contribution in [-0.4, -0.2) is 65.9 Å². The molecule has 2 N–H and O–H groups in total. The van der Waals surface area contributed by atoms with Gasteiger partial charge in [0.05, 0.1) is 13.2 Å². The van der Waals surface area contributed by atoms with Crippen LogP contribution in [0, 0.1) is 0 Å². The summed E-state index contributed by atoms with van der Waals surface area (Å²) >= 11 is 0. The van der Waals surface area contributed by atoms with Gasteiger partial charge in [-0.05, 0) is 45.4 Å². The maximum Gasteiger partial charge on any atom is 0.330 e. The summed E-state index contributed by atoms with van der Waals surface area (Å²) in [7, 11) is 0. The third-order valence-electron chi connectivity index (χ3n) is 5.26. The standard InChI is InChI=1S/C20H32N2O8/c1-14(22-9-8-17(24)21-20(22)25)29-16(13-28-18-6-2-4-10-26-18)15(12-23)30-19-7-3-5-11-27-19/h8-9,14-16,18-19,23H,2-7,10-13H2,1H3,(H,21,24,25). The summed E-state index contributed by atoms with van der Waals surface area (Å²) in [5.41, 5.74) is -1.06. The second kappa shape index (κ2) is 11.7. The molecule has 2 fully saturated rings. The lowest BCUT2D eigenvalue weighted by molar-refractivity contribution is -0.248. The molecular weight excluding hydrogens is 396 g/mol. The van der Waals surface area contributed by atoms with Gasteiger partial charge in [-0.1, -0.05) is 0 Å². The first kappa shape index (κ1) is 23.1. The van der Waals surface area contributed by atoms with Gasteiger partial charge in [-0.25, -0.2) is 4.79 Å². The fourth-order valence-electron chi connectivity index (χ4n) is 3.57. The molecule has 0 aromatic carbocycles. The Bertz CT molecular complexity index is 739. The molecule has 2 aliphatic heterocycles. The Morgan fingerprint density at radius 1 is 1.13 bits per heavy atom. The second-order valence-electron chi connectivity index (χ2n) is 7.57. The van der Waals surface area contributed by atoms with Gasteiger partial charge in [-0.2, -0.15) is 0 Å². The van der Waals surface area contributed by atoms with Gasteiger partial charge in [0.15, 0.2) is 12.6 Å². The van der Waals surface area contributed by atoms with Crippen LogP contribution in [0.4, 0.5) is 0 Å². The number of aliphatic hydroxyl groups excluding tert-OH is 1. The molecule has 5 atom stereocenters. The Morgan fingerprint density at radius 2 is 1.83 bits per heavy atom. The summed E-state index contributed by atoms with van der Waals surface area (Å²) in [6, 6.07) is 1.25. The van der Waals surface area contributed by atoms with E-state index >= 15 is 0 Å². The molecule has 30 heavy (non-hydrogen) atoms. The number of hydrogen-bond acceptors (Lipinski definition) is 8. The molecule has 3 rings (SSSR count). The van der Waals surface area contributed by atoms with E-state index in [0.29, 0.717) is 13.2 Å². The van der Waals surface area contributed by atoms with Crippen molar-refractivity contribution in [1.82, 2.24) is 9.55 Å². The van der Waals surface area contributed by atoms with Gasteiger partial charge in [-0.3, -0.25) is 14.3 Å². The summed E-state index contributed by atoms with van der Waals surface area (Å²) in [6.45, 7) is 2.76. The lowest BCUT2D eigenvalue weighted by atomic mass is 10.2. The van der Waals surface area contributed by atoms with Gasteiger partial charge in [0.1, 0.15) is 18.4 Å². The largest absolute Gasteiger partial charge is 0.394 e. The van der Waals surface area contributed by atoms with Crippen molar-refractivity contribution < 1.29 is 28.8 Å². The van der Waals surface area contributed by atoms with Crippen molar-refractivity contribution in [3.05, 3.63) is 33.1 Å². The minimum atomic E-state index is -0.722. The second-order valence-corrected chi connectivity index (χ2v) is 7.57. The minimum Gasteiger partial charge on any atom is -0.394 e. The Kier molecular flexibility index (Phi) is 9.04. The molecule has 170 valence electrons. The van der Waals surface area contributed by atoms with E-state index in [9.17, 15) is 14.7 Å². The molecule has 10 nitrogen and oxygen atoms in total. The molecule has 2 saturated heterocycles. The molecule has 0 aliphatic carbocycles. The molecule has 3 heterocycles. The molecule has 5 unspecified atom stereocenters. The Morgan fingerprint density at radius 3 is 2.43 bits per heavy atom. The van der Waals surface area contributed by atoms with Gasteiger partial charge >= 0.3 is 5.69 Å². The summed E-state index contributed by atoms with van der Waals surface area (Å²) in [4.78, 5) is 25.6. The number of nitrogens with zero attached hydrogens (tertiary/aromatic N) is 1. The van der Waals surface area contributed by atoms with Gasteiger partial charge in [0.2, 0.25) is 0 Å². The smallest absolute Gasteiger partial charge is 0.330 e. The number of ether oxygens (including phenoxy) is 5. The topological polar surface area (TPSA) is 121 Å². The highest BCUT2D eigenvalue weighted by atomic mass is 16.7. The molecule has 2 aliphatic rings. The molecule has 0 saturated carbocycles. The highest BCUT2D eigenvalue weighted by Crippen LogP contribution is 2.21. The van der Waals surface area contributed by atoms with Crippen LogP contribution >= 0.6 is 0 Å². The van der Waals surface area contributed by atoms with E-state index in [0.717, 1.165) is 38.5 Å². The summed E-state index contributed by atoms with van der Waals surface area (Å²) in [5.74, 6) is 0. The van der Waals surface area contributed by atoms with Crippen molar-refractivity contribution in [1.29, 1.82) is 0 Å². The molecule has 0 amide bonds. The summed E-state index contributed by atoms with van der Waals surface area (Å²) in [5, 5.41) is 9.98. The quantitative estimate of drug-likeness (QED) is 0.564. The van der Waals surface area contributed by atoms with Crippen LogP contribution in [0.25, 0.3) is 0 Å². The van der Waals surface area contributed by atoms with Crippen LogP contribution in [0.3, 0.4) is 0 Å². The molecule has 0 spiro atoms. The number of H-pyrrole nitrogens is 1. The van der Waals surface area contributed by atoms with Gasteiger partial charge in [-0.15, -0.1) is 0 Å². The maximum atomic E-state index is 12.1. The third-order valence-corrected chi connectivity index (χ3v) is 5.26. The Hall–Kier alpha value is -1.56. The summed E-state index contributed by atoms with van der Waals surface area (Å²) in [6.07, 6.45) is 4.04. The van der Waals surface area contributed by atoms with E-state index in [1.54, 1.807) is 6.92 Å². The number of nitrogens with one attached hydrogen (secondary N) is 1. The molecule has 1 aromatic heterocycles. The van der Waals surface area contributed by atoms with E-state index < -0.39 is 36.0 Å². The fraction of sp³-hybridized carbons (Fsp3) is 0.800. The van der Waals surface area contributed by atoms with Crippen molar-refractivity contribution in [3.63, 3.8) is 0 Å². The van der Waals surface area contributed by atoms with Crippen LogP contribution in [0.15, 0.2) is 21.9 Å². The predicted octanol–water partition coefficient (Wildman–Crippen LogP) is 0.888. The van der Waals surface area contributed by atoms with Crippen LogP contribution in [0.2, 0.25) is 0 Å². The summed E-state index contributed by atoms with van der Waals surface area (Å²) < 4.78 is 30.4. The van der Waals surface area contributed by atoms with Gasteiger partial charge < -0.3 is 28.8 Å². The lowest BCUT2D eigenvalue weighted by Crippen LogP contribution is -2.44. The minimum absolute atomic E-state index is 0.116. The molecule has 1 aromatic rings. The van der Waals surface area contributed by atoms with Crippen LogP contribution in [-0.2, 0) is 23.7 Å². The average molecular weight is 428 g/mol. The number of rotatable bonds is 10. The zero-order valence-electron chi connectivity index (χ0n) is 17.4. The van der Waals surface area contributed by atoms with E-state index in [1.165, 1.54) is 16.8 Å².